The Morgan fingerprint density at radius 3 is 2.74 bits per heavy atom. The van der Waals surface area contributed by atoms with Gasteiger partial charge in [-0.3, -0.25) is 0 Å². The summed E-state index contributed by atoms with van der Waals surface area (Å²) in [6.45, 7) is 2.11. The Morgan fingerprint density at radius 2 is 2.11 bits per heavy atom. The van der Waals surface area contributed by atoms with Gasteiger partial charge in [-0.2, -0.15) is 0 Å². The van der Waals surface area contributed by atoms with Crippen LogP contribution in [0.25, 0.3) is 0 Å². The van der Waals surface area contributed by atoms with Crippen LogP contribution in [0, 0.1) is 0 Å². The van der Waals surface area contributed by atoms with Gasteiger partial charge in [0.1, 0.15) is 5.71 Å². The fourth-order valence-corrected chi connectivity index (χ4v) is 2.22. The van der Waals surface area contributed by atoms with E-state index in [0.29, 0.717) is 0 Å². The standard InChI is InChI=1S/C15H18N2O2/c1-2-3-10-15(12-7-5-4-6-8-12)16-11-9-13(17-15)14(18)19/h4-9,11,16H,2-3,10H2,1H3,(H,18,19). The van der Waals surface area contributed by atoms with Crippen LogP contribution in [-0.4, -0.2) is 16.8 Å². The summed E-state index contributed by atoms with van der Waals surface area (Å²) in [4.78, 5) is 15.6. The third-order valence-corrected chi connectivity index (χ3v) is 3.24. The third-order valence-electron chi connectivity index (χ3n) is 3.24. The van der Waals surface area contributed by atoms with Gasteiger partial charge in [0, 0.05) is 6.20 Å². The summed E-state index contributed by atoms with van der Waals surface area (Å²) in [5.74, 6) is -0.991. The molecule has 2 rings (SSSR count). The highest BCUT2D eigenvalue weighted by molar-refractivity contribution is 6.40. The highest BCUT2D eigenvalue weighted by Crippen LogP contribution is 2.31. The van der Waals surface area contributed by atoms with Gasteiger partial charge in [0.25, 0.3) is 0 Å². The molecule has 4 heteroatoms. The van der Waals surface area contributed by atoms with Gasteiger partial charge in [-0.25, -0.2) is 9.79 Å². The van der Waals surface area contributed by atoms with Gasteiger partial charge >= 0.3 is 5.97 Å². The van der Waals surface area contributed by atoms with E-state index in [9.17, 15) is 4.79 Å². The summed E-state index contributed by atoms with van der Waals surface area (Å²) in [5.41, 5.74) is 0.435. The first-order valence-electron chi connectivity index (χ1n) is 6.51. The molecular formula is C15H18N2O2. The average molecular weight is 258 g/mol. The van der Waals surface area contributed by atoms with Crippen LogP contribution in [0.15, 0.2) is 47.6 Å². The summed E-state index contributed by atoms with van der Waals surface area (Å²) in [6.07, 6.45) is 5.97. The predicted octanol–water partition coefficient (Wildman–Crippen LogP) is 2.67. The number of rotatable bonds is 5. The molecular weight excluding hydrogens is 240 g/mol. The monoisotopic (exact) mass is 258 g/mol. The number of aliphatic carboxylic acids is 1. The van der Waals surface area contributed by atoms with Crippen LogP contribution in [0.1, 0.15) is 31.7 Å². The first-order valence-corrected chi connectivity index (χ1v) is 6.51. The van der Waals surface area contributed by atoms with E-state index in [4.69, 9.17) is 5.11 Å². The molecule has 0 aliphatic carbocycles. The van der Waals surface area contributed by atoms with Crippen LogP contribution in [0.3, 0.4) is 0 Å². The minimum atomic E-state index is -0.991. The first kappa shape index (κ1) is 13.3. The number of carboxylic acid groups (broad SMARTS) is 1. The van der Waals surface area contributed by atoms with Crippen molar-refractivity contribution in [2.45, 2.75) is 31.8 Å². The molecule has 0 radical (unpaired) electrons. The smallest absolute Gasteiger partial charge is 0.354 e. The Bertz CT molecular complexity index is 508. The minimum Gasteiger partial charge on any atom is -0.477 e. The average Bonchev–Trinajstić information content (AvgIpc) is 2.46. The Hall–Kier alpha value is -2.10. The van der Waals surface area contributed by atoms with Gasteiger partial charge in [0.2, 0.25) is 0 Å². The zero-order valence-corrected chi connectivity index (χ0v) is 11.0. The lowest BCUT2D eigenvalue weighted by Gasteiger charge is -2.33. The second kappa shape index (κ2) is 5.69. The maximum atomic E-state index is 11.1. The van der Waals surface area contributed by atoms with Crippen molar-refractivity contribution in [3.8, 4) is 0 Å². The molecule has 1 heterocycles. The van der Waals surface area contributed by atoms with E-state index in [0.717, 1.165) is 24.8 Å². The summed E-state index contributed by atoms with van der Waals surface area (Å²) in [6, 6.07) is 9.78. The van der Waals surface area contributed by atoms with Crippen molar-refractivity contribution in [3.05, 3.63) is 48.2 Å². The normalized spacial score (nSPS) is 21.6. The zero-order chi connectivity index (χ0) is 13.7. The van der Waals surface area contributed by atoms with E-state index >= 15 is 0 Å². The predicted molar refractivity (Wildman–Crippen MR) is 75.0 cm³/mol. The molecule has 1 aromatic rings. The molecule has 0 fully saturated rings. The van der Waals surface area contributed by atoms with Gasteiger partial charge in [-0.15, -0.1) is 0 Å². The molecule has 2 N–H and O–H groups in total. The molecule has 0 saturated carbocycles. The van der Waals surface area contributed by atoms with E-state index in [-0.39, 0.29) is 5.71 Å². The first-order chi connectivity index (χ1) is 9.18. The maximum absolute atomic E-state index is 11.1. The Balaban J connectivity index is 2.41. The van der Waals surface area contributed by atoms with E-state index in [1.165, 1.54) is 6.08 Å². The number of carboxylic acids is 1. The van der Waals surface area contributed by atoms with Crippen LogP contribution in [0.5, 0.6) is 0 Å². The number of nitrogens with one attached hydrogen (secondary N) is 1. The topological polar surface area (TPSA) is 61.7 Å². The highest BCUT2D eigenvalue weighted by atomic mass is 16.4. The maximum Gasteiger partial charge on any atom is 0.354 e. The SMILES string of the molecule is CCCCC1(c2ccccc2)N=C(C(=O)O)C=CN1. The number of unbranched alkanes of at least 4 members (excludes halogenated alkanes) is 1. The highest BCUT2D eigenvalue weighted by Gasteiger charge is 2.33. The Labute approximate surface area is 112 Å². The second-order valence-corrected chi connectivity index (χ2v) is 4.61. The van der Waals surface area contributed by atoms with E-state index in [2.05, 4.69) is 17.2 Å². The number of benzene rings is 1. The largest absolute Gasteiger partial charge is 0.477 e. The molecule has 1 aliphatic rings. The third kappa shape index (κ3) is 2.84. The van der Waals surface area contributed by atoms with Gasteiger partial charge in [-0.1, -0.05) is 43.7 Å². The number of nitrogens with zero attached hydrogens (tertiary/aromatic N) is 1. The number of aliphatic imine (C=N–C) groups is 1. The molecule has 19 heavy (non-hydrogen) atoms. The fraction of sp³-hybridized carbons (Fsp3) is 0.333. The summed E-state index contributed by atoms with van der Waals surface area (Å²) < 4.78 is 0. The van der Waals surface area contributed by atoms with Gasteiger partial charge in [-0.05, 0) is 24.5 Å². The Morgan fingerprint density at radius 1 is 1.37 bits per heavy atom. The molecule has 0 saturated heterocycles. The summed E-state index contributed by atoms with van der Waals surface area (Å²) in [7, 11) is 0. The molecule has 0 aromatic heterocycles. The number of hydrogen-bond donors (Lipinski definition) is 2. The molecule has 1 atom stereocenters. The zero-order valence-electron chi connectivity index (χ0n) is 11.0. The molecule has 1 aliphatic heterocycles. The van der Waals surface area contributed by atoms with Gasteiger partial charge in [0.15, 0.2) is 5.66 Å². The van der Waals surface area contributed by atoms with Crippen LogP contribution in [0.4, 0.5) is 0 Å². The fourth-order valence-electron chi connectivity index (χ4n) is 2.22. The quantitative estimate of drug-likeness (QED) is 0.853. The van der Waals surface area contributed by atoms with Crippen LogP contribution in [-0.2, 0) is 10.5 Å². The number of carbonyl (C=O) groups is 1. The van der Waals surface area contributed by atoms with E-state index < -0.39 is 11.6 Å². The molecule has 100 valence electrons. The van der Waals surface area contributed by atoms with Crippen molar-refractivity contribution in [3.63, 3.8) is 0 Å². The van der Waals surface area contributed by atoms with Crippen LogP contribution >= 0.6 is 0 Å². The Kier molecular flexibility index (Phi) is 4.00. The summed E-state index contributed by atoms with van der Waals surface area (Å²) >= 11 is 0. The molecule has 1 unspecified atom stereocenters. The lowest BCUT2D eigenvalue weighted by atomic mass is 9.93. The molecule has 0 bridgehead atoms. The minimum absolute atomic E-state index is 0.0960. The van der Waals surface area contributed by atoms with Crippen molar-refractivity contribution in [1.82, 2.24) is 5.32 Å². The van der Waals surface area contributed by atoms with Crippen molar-refractivity contribution in [1.29, 1.82) is 0 Å². The molecule has 4 nitrogen and oxygen atoms in total. The van der Waals surface area contributed by atoms with Crippen molar-refractivity contribution in [2.24, 2.45) is 4.99 Å². The molecule has 0 spiro atoms. The molecule has 1 aromatic carbocycles. The second-order valence-electron chi connectivity index (χ2n) is 4.61. The van der Waals surface area contributed by atoms with Crippen molar-refractivity contribution < 1.29 is 9.90 Å². The molecule has 0 amide bonds. The van der Waals surface area contributed by atoms with Gasteiger partial charge in [0.05, 0.1) is 0 Å². The van der Waals surface area contributed by atoms with E-state index in [1.54, 1.807) is 6.20 Å². The van der Waals surface area contributed by atoms with Crippen LogP contribution < -0.4 is 5.32 Å². The van der Waals surface area contributed by atoms with Crippen molar-refractivity contribution in [2.75, 3.05) is 0 Å². The lowest BCUT2D eigenvalue weighted by molar-refractivity contribution is -0.129. The summed E-state index contributed by atoms with van der Waals surface area (Å²) in [5, 5.41) is 12.4. The number of hydrogen-bond acceptors (Lipinski definition) is 3. The lowest BCUT2D eigenvalue weighted by Crippen LogP contribution is -2.41. The van der Waals surface area contributed by atoms with Gasteiger partial charge < -0.3 is 10.4 Å². The van der Waals surface area contributed by atoms with Crippen molar-refractivity contribution >= 4 is 11.7 Å². The van der Waals surface area contributed by atoms with Crippen LogP contribution in [0.2, 0.25) is 0 Å². The van der Waals surface area contributed by atoms with E-state index in [1.807, 2.05) is 30.3 Å².